The first kappa shape index (κ1) is 15.7. The SMILES string of the molecule is C=CC/C(O)=C(\C#N)C(=S)Nc1c(F)cc(F)cc1F. The van der Waals surface area contributed by atoms with Gasteiger partial charge in [-0.25, -0.2) is 13.2 Å². The number of hydrogen-bond acceptors (Lipinski definition) is 3. The second-order valence-corrected chi connectivity index (χ2v) is 4.03. The van der Waals surface area contributed by atoms with Crippen LogP contribution < -0.4 is 5.32 Å². The van der Waals surface area contributed by atoms with Gasteiger partial charge in [0.1, 0.15) is 33.9 Å². The topological polar surface area (TPSA) is 56.0 Å². The molecule has 0 radical (unpaired) electrons. The van der Waals surface area contributed by atoms with Crippen LogP contribution >= 0.6 is 12.2 Å². The lowest BCUT2D eigenvalue weighted by molar-refractivity contribution is 0.399. The van der Waals surface area contributed by atoms with E-state index < -0.39 is 23.1 Å². The molecule has 0 bridgehead atoms. The predicted octanol–water partition coefficient (Wildman–Crippen LogP) is 3.75. The van der Waals surface area contributed by atoms with E-state index in [4.69, 9.17) is 17.5 Å². The van der Waals surface area contributed by atoms with Crippen molar-refractivity contribution in [3.63, 3.8) is 0 Å². The molecule has 2 N–H and O–H groups in total. The third kappa shape index (κ3) is 3.59. The molecule has 20 heavy (non-hydrogen) atoms. The highest BCUT2D eigenvalue weighted by Crippen LogP contribution is 2.21. The third-order valence-electron chi connectivity index (χ3n) is 2.21. The number of nitrogens with one attached hydrogen (secondary N) is 1. The van der Waals surface area contributed by atoms with Gasteiger partial charge in [0.05, 0.1) is 0 Å². The van der Waals surface area contributed by atoms with Crippen LogP contribution in [0.2, 0.25) is 0 Å². The Labute approximate surface area is 118 Å². The Bertz CT molecular complexity index is 612. The Kier molecular flexibility index (Phi) is 5.29. The van der Waals surface area contributed by atoms with Crippen molar-refractivity contribution < 1.29 is 18.3 Å². The fourth-order valence-electron chi connectivity index (χ4n) is 1.32. The van der Waals surface area contributed by atoms with Crippen molar-refractivity contribution in [1.29, 1.82) is 5.26 Å². The van der Waals surface area contributed by atoms with Crippen molar-refractivity contribution in [2.45, 2.75) is 6.42 Å². The molecular formula is C13H9F3N2OS. The Balaban J connectivity index is 3.11. The molecule has 0 aromatic heterocycles. The van der Waals surface area contributed by atoms with Crippen LogP contribution in [-0.4, -0.2) is 10.1 Å². The number of nitriles is 1. The van der Waals surface area contributed by atoms with Gasteiger partial charge in [-0.3, -0.25) is 0 Å². The van der Waals surface area contributed by atoms with Gasteiger partial charge in [0.25, 0.3) is 0 Å². The monoisotopic (exact) mass is 298 g/mol. The molecule has 0 saturated heterocycles. The highest BCUT2D eigenvalue weighted by molar-refractivity contribution is 7.81. The van der Waals surface area contributed by atoms with Crippen molar-refractivity contribution in [1.82, 2.24) is 0 Å². The van der Waals surface area contributed by atoms with Gasteiger partial charge in [-0.05, 0) is 0 Å². The first-order valence-electron chi connectivity index (χ1n) is 5.29. The number of benzene rings is 1. The first-order chi connectivity index (χ1) is 9.40. The highest BCUT2D eigenvalue weighted by atomic mass is 32.1. The van der Waals surface area contributed by atoms with Crippen LogP contribution in [0, 0.1) is 28.8 Å². The summed E-state index contributed by atoms with van der Waals surface area (Å²) < 4.78 is 39.6. The average molecular weight is 298 g/mol. The number of rotatable bonds is 4. The summed E-state index contributed by atoms with van der Waals surface area (Å²) in [6.07, 6.45) is 1.30. The number of thiocarbonyl (C=S) groups is 1. The molecule has 0 saturated carbocycles. The lowest BCUT2D eigenvalue weighted by Gasteiger charge is -2.10. The highest BCUT2D eigenvalue weighted by Gasteiger charge is 2.16. The normalized spacial score (nSPS) is 11.3. The van der Waals surface area contributed by atoms with E-state index in [-0.39, 0.29) is 22.7 Å². The lowest BCUT2D eigenvalue weighted by atomic mass is 10.2. The van der Waals surface area contributed by atoms with Gasteiger partial charge >= 0.3 is 0 Å². The van der Waals surface area contributed by atoms with E-state index in [9.17, 15) is 18.3 Å². The summed E-state index contributed by atoms with van der Waals surface area (Å²) in [6.45, 7) is 3.37. The van der Waals surface area contributed by atoms with Crippen LogP contribution in [0.25, 0.3) is 0 Å². The Morgan fingerprint density at radius 1 is 1.40 bits per heavy atom. The van der Waals surface area contributed by atoms with Gasteiger partial charge in [-0.2, -0.15) is 5.26 Å². The number of hydrogen-bond donors (Lipinski definition) is 2. The van der Waals surface area contributed by atoms with Gasteiger partial charge in [0.15, 0.2) is 11.6 Å². The minimum absolute atomic E-state index is 0.0287. The van der Waals surface area contributed by atoms with Crippen LogP contribution in [0.5, 0.6) is 0 Å². The molecule has 0 aliphatic heterocycles. The van der Waals surface area contributed by atoms with E-state index in [0.29, 0.717) is 12.1 Å². The van der Waals surface area contributed by atoms with Gasteiger partial charge < -0.3 is 10.4 Å². The van der Waals surface area contributed by atoms with Crippen molar-refractivity contribution >= 4 is 22.9 Å². The third-order valence-corrected chi connectivity index (χ3v) is 2.52. The molecule has 0 amide bonds. The molecular weight excluding hydrogens is 289 g/mol. The second kappa shape index (κ2) is 6.73. The van der Waals surface area contributed by atoms with Crippen LogP contribution in [0.15, 0.2) is 36.1 Å². The molecule has 0 unspecified atom stereocenters. The van der Waals surface area contributed by atoms with Crippen molar-refractivity contribution in [3.05, 3.63) is 53.6 Å². The minimum Gasteiger partial charge on any atom is -0.510 e. The van der Waals surface area contributed by atoms with E-state index in [0.717, 1.165) is 0 Å². The number of halogens is 3. The Hall–Kier alpha value is -2.33. The number of aliphatic hydroxyl groups is 1. The molecule has 0 atom stereocenters. The standard InChI is InChI=1S/C13H9F3N2OS/c1-2-3-11(19)8(6-17)13(20)18-12-9(15)4-7(14)5-10(12)16/h2,4-5,19H,1,3H2,(H,18,20)/b11-8-. The zero-order valence-electron chi connectivity index (χ0n) is 10.1. The van der Waals surface area contributed by atoms with Crippen molar-refractivity contribution in [2.75, 3.05) is 5.32 Å². The van der Waals surface area contributed by atoms with E-state index >= 15 is 0 Å². The molecule has 0 spiro atoms. The molecule has 1 rings (SSSR count). The van der Waals surface area contributed by atoms with Gasteiger partial charge in [0, 0.05) is 18.6 Å². The van der Waals surface area contributed by atoms with Crippen molar-refractivity contribution in [3.8, 4) is 6.07 Å². The fourth-order valence-corrected chi connectivity index (χ4v) is 1.59. The van der Waals surface area contributed by atoms with Gasteiger partial charge in [-0.15, -0.1) is 6.58 Å². The zero-order chi connectivity index (χ0) is 15.3. The Morgan fingerprint density at radius 3 is 2.40 bits per heavy atom. The fraction of sp³-hybridized carbons (Fsp3) is 0.0769. The molecule has 3 nitrogen and oxygen atoms in total. The number of allylic oxidation sites excluding steroid dienone is 1. The lowest BCUT2D eigenvalue weighted by Crippen LogP contribution is -2.15. The maximum atomic E-state index is 13.4. The first-order valence-corrected chi connectivity index (χ1v) is 5.70. The number of aliphatic hydroxyl groups excluding tert-OH is 1. The molecule has 0 heterocycles. The van der Waals surface area contributed by atoms with Crippen molar-refractivity contribution in [2.24, 2.45) is 0 Å². The van der Waals surface area contributed by atoms with Gasteiger partial charge in [-0.1, -0.05) is 18.3 Å². The summed E-state index contributed by atoms with van der Waals surface area (Å²) >= 11 is 4.79. The van der Waals surface area contributed by atoms with Crippen LogP contribution in [-0.2, 0) is 0 Å². The average Bonchev–Trinajstić information content (AvgIpc) is 2.35. The smallest absolute Gasteiger partial charge is 0.152 e. The zero-order valence-corrected chi connectivity index (χ0v) is 10.9. The minimum atomic E-state index is -1.20. The quantitative estimate of drug-likeness (QED) is 0.292. The predicted molar refractivity (Wildman–Crippen MR) is 72.6 cm³/mol. The molecule has 1 aromatic carbocycles. The maximum Gasteiger partial charge on any atom is 0.152 e. The number of nitrogens with zero attached hydrogens (tertiary/aromatic N) is 1. The summed E-state index contributed by atoms with van der Waals surface area (Å²) in [6, 6.07) is 2.55. The van der Waals surface area contributed by atoms with E-state index in [1.165, 1.54) is 6.08 Å². The molecule has 0 aliphatic rings. The summed E-state index contributed by atoms with van der Waals surface area (Å²) in [5, 5.41) is 20.6. The largest absolute Gasteiger partial charge is 0.510 e. The van der Waals surface area contributed by atoms with Crippen LogP contribution in [0.1, 0.15) is 6.42 Å². The summed E-state index contributed by atoms with van der Waals surface area (Å²) in [4.78, 5) is -0.378. The van der Waals surface area contributed by atoms with E-state index in [1.807, 2.05) is 0 Å². The molecule has 104 valence electrons. The van der Waals surface area contributed by atoms with Crippen LogP contribution in [0.4, 0.5) is 18.9 Å². The Morgan fingerprint density at radius 2 is 1.95 bits per heavy atom. The second-order valence-electron chi connectivity index (χ2n) is 3.62. The summed E-state index contributed by atoms with van der Waals surface area (Å²) in [5.74, 6) is -3.87. The maximum absolute atomic E-state index is 13.4. The summed E-state index contributed by atoms with van der Waals surface area (Å²) in [7, 11) is 0. The molecule has 0 fully saturated rings. The molecule has 7 heteroatoms. The molecule has 1 aromatic rings. The number of anilines is 1. The van der Waals surface area contributed by atoms with Gasteiger partial charge in [0.2, 0.25) is 0 Å². The van der Waals surface area contributed by atoms with Crippen LogP contribution in [0.3, 0.4) is 0 Å². The summed E-state index contributed by atoms with van der Waals surface area (Å²) in [5.41, 5.74) is -1.04. The molecule has 0 aliphatic carbocycles. The van der Waals surface area contributed by atoms with E-state index in [1.54, 1.807) is 6.07 Å². The van der Waals surface area contributed by atoms with E-state index in [2.05, 4.69) is 11.9 Å².